The molecule has 0 radical (unpaired) electrons. The molecule has 272 valence electrons. The molecule has 0 spiro atoms. The summed E-state index contributed by atoms with van der Waals surface area (Å²) in [7, 11) is 0. The molecule has 1 saturated heterocycles. The molecule has 2 bridgehead atoms. The monoisotopic (exact) mass is 675 g/mol. The second kappa shape index (κ2) is 13.3. The second-order valence-corrected chi connectivity index (χ2v) is 17.3. The van der Waals surface area contributed by atoms with E-state index in [2.05, 4.69) is 54.5 Å². The summed E-state index contributed by atoms with van der Waals surface area (Å²) in [6.45, 7) is 17.9. The number of hydrogen-bond donors (Lipinski definition) is 3. The fourth-order valence-electron chi connectivity index (χ4n) is 12.0. The van der Waals surface area contributed by atoms with Gasteiger partial charge in [-0.25, -0.2) is 0 Å². The Hall–Kier alpha value is -2.01. The van der Waals surface area contributed by atoms with Gasteiger partial charge >= 0.3 is 17.9 Å². The highest BCUT2D eigenvalue weighted by Gasteiger charge is 2.72. The third kappa shape index (κ3) is 5.65. The molecule has 4 fully saturated rings. The molecule has 0 aromatic rings. The Morgan fingerprint density at radius 3 is 2.23 bits per heavy atom. The van der Waals surface area contributed by atoms with E-state index >= 15 is 0 Å². The van der Waals surface area contributed by atoms with E-state index < -0.39 is 52.3 Å². The molecule has 3 N–H and O–H groups in total. The first kappa shape index (κ1) is 37.3. The number of ether oxygens (including phenoxy) is 3. The summed E-state index contributed by atoms with van der Waals surface area (Å²) in [6, 6.07) is 0. The summed E-state index contributed by atoms with van der Waals surface area (Å²) >= 11 is 0. The van der Waals surface area contributed by atoms with Gasteiger partial charge < -0.3 is 29.5 Å². The van der Waals surface area contributed by atoms with Crippen LogP contribution in [0, 0.1) is 56.7 Å². The maximum absolute atomic E-state index is 13.4. The summed E-state index contributed by atoms with van der Waals surface area (Å²) in [5.74, 6) is -1.17. The number of nitrogens with zero attached hydrogens (tertiary/aromatic N) is 1. The van der Waals surface area contributed by atoms with Crippen molar-refractivity contribution in [3.05, 3.63) is 11.6 Å². The zero-order valence-electron chi connectivity index (χ0n) is 30.5. The van der Waals surface area contributed by atoms with Gasteiger partial charge in [-0.1, -0.05) is 60.1 Å². The molecule has 10 nitrogen and oxygen atoms in total. The van der Waals surface area contributed by atoms with Gasteiger partial charge in [0.05, 0.1) is 38.9 Å². The van der Waals surface area contributed by atoms with Crippen LogP contribution in [0.15, 0.2) is 11.6 Å². The average Bonchev–Trinajstić information content (AvgIpc) is 2.99. The van der Waals surface area contributed by atoms with Crippen molar-refractivity contribution in [2.45, 2.75) is 106 Å². The van der Waals surface area contributed by atoms with Gasteiger partial charge in [-0.15, -0.1) is 0 Å². The van der Waals surface area contributed by atoms with Crippen LogP contribution in [-0.4, -0.2) is 96.4 Å². The van der Waals surface area contributed by atoms with Gasteiger partial charge in [0.25, 0.3) is 0 Å². The standard InChI is InChI=1S/C38H61NO9/c1-23(2)24(3)34(5)13-14-36(7)26-9-10-29-35(6)21-46-22-38(29,27(26)11-12-37(36,8)31(34)33(44)45)19-28(47-25(4)42)32(35)48-30(43)20-39(15-17-40)16-18-41/h11,23-24,26,28-29,31-32,40-41H,9-10,12-22H2,1-8H3,(H,44,45)/t24-,26+,28-,29+,31-,32+,34-,35+,36-,37+,38-/m1/s1. The minimum absolute atomic E-state index is 0.0968. The van der Waals surface area contributed by atoms with E-state index in [9.17, 15) is 29.7 Å². The van der Waals surface area contributed by atoms with Crippen LogP contribution in [0.25, 0.3) is 0 Å². The van der Waals surface area contributed by atoms with Crippen molar-refractivity contribution in [1.29, 1.82) is 0 Å². The summed E-state index contributed by atoms with van der Waals surface area (Å²) in [6.07, 6.45) is 5.72. The summed E-state index contributed by atoms with van der Waals surface area (Å²) < 4.78 is 18.7. The van der Waals surface area contributed by atoms with E-state index in [1.807, 2.05) is 0 Å². The molecule has 0 aromatic carbocycles. The summed E-state index contributed by atoms with van der Waals surface area (Å²) in [5.41, 5.74) is -0.731. The highest BCUT2D eigenvalue weighted by molar-refractivity contribution is 5.73. The molecule has 1 heterocycles. The van der Waals surface area contributed by atoms with Gasteiger partial charge in [0, 0.05) is 30.8 Å². The fourth-order valence-corrected chi connectivity index (χ4v) is 12.0. The first-order chi connectivity index (χ1) is 22.4. The quantitative estimate of drug-likeness (QED) is 0.208. The number of rotatable bonds is 11. The number of allylic oxidation sites excluding steroid dienone is 1. The van der Waals surface area contributed by atoms with Gasteiger partial charge in [-0.2, -0.15) is 0 Å². The predicted octanol–water partition coefficient (Wildman–Crippen LogP) is 4.71. The van der Waals surface area contributed by atoms with E-state index in [0.29, 0.717) is 32.0 Å². The number of aliphatic hydroxyl groups excluding tert-OH is 2. The van der Waals surface area contributed by atoms with Crippen LogP contribution in [0.1, 0.15) is 93.9 Å². The van der Waals surface area contributed by atoms with Gasteiger partial charge in [-0.05, 0) is 78.4 Å². The van der Waals surface area contributed by atoms with Crippen LogP contribution in [0.3, 0.4) is 0 Å². The van der Waals surface area contributed by atoms with Gasteiger partial charge in [0.15, 0.2) is 0 Å². The Balaban J connectivity index is 1.53. The number of hydrogen-bond acceptors (Lipinski definition) is 9. The van der Waals surface area contributed by atoms with Gasteiger partial charge in [0.1, 0.15) is 12.2 Å². The molecule has 4 aliphatic carbocycles. The van der Waals surface area contributed by atoms with Crippen molar-refractivity contribution in [1.82, 2.24) is 4.90 Å². The number of aliphatic hydroxyl groups is 2. The Labute approximate surface area is 286 Å². The zero-order chi connectivity index (χ0) is 35.4. The van der Waals surface area contributed by atoms with Crippen molar-refractivity contribution < 1.29 is 43.9 Å². The maximum Gasteiger partial charge on any atom is 0.320 e. The largest absolute Gasteiger partial charge is 0.481 e. The topological polar surface area (TPSA) is 143 Å². The lowest BCUT2D eigenvalue weighted by molar-refractivity contribution is -0.263. The molecule has 1 aliphatic heterocycles. The SMILES string of the molecule is CC(=O)O[C@@H]1C[C@]23COC[C@@](C)([C@@H]2CC[C@H]2C3=CC[C@@]3(C)[C@H](C(=O)O)[C@@](C)([C@H](C)C(C)C)CC[C@]23C)[C@H]1OC(=O)CN(CCO)CCO. The zero-order valence-corrected chi connectivity index (χ0v) is 30.5. The summed E-state index contributed by atoms with van der Waals surface area (Å²) in [5, 5.41) is 29.9. The lowest BCUT2D eigenvalue weighted by Gasteiger charge is -2.71. The number of esters is 2. The van der Waals surface area contributed by atoms with Crippen molar-refractivity contribution in [3.63, 3.8) is 0 Å². The van der Waals surface area contributed by atoms with E-state index in [1.54, 1.807) is 4.90 Å². The van der Waals surface area contributed by atoms with Gasteiger partial charge in [-0.3, -0.25) is 19.3 Å². The highest BCUT2D eigenvalue weighted by Crippen LogP contribution is 2.75. The lowest BCUT2D eigenvalue weighted by atomic mass is 9.34. The Kier molecular flexibility index (Phi) is 10.3. The number of aliphatic carboxylic acids is 1. The maximum atomic E-state index is 13.4. The number of carboxylic acid groups (broad SMARTS) is 1. The molecule has 48 heavy (non-hydrogen) atoms. The van der Waals surface area contributed by atoms with E-state index in [1.165, 1.54) is 12.5 Å². The van der Waals surface area contributed by atoms with Crippen molar-refractivity contribution in [3.8, 4) is 0 Å². The second-order valence-electron chi connectivity index (χ2n) is 17.3. The summed E-state index contributed by atoms with van der Waals surface area (Å²) in [4.78, 5) is 41.0. The number of carboxylic acids is 1. The van der Waals surface area contributed by atoms with Crippen molar-refractivity contribution in [2.24, 2.45) is 56.7 Å². The lowest BCUT2D eigenvalue weighted by Crippen LogP contribution is -2.70. The highest BCUT2D eigenvalue weighted by atomic mass is 16.6. The normalized spacial score (nSPS) is 42.6. The van der Waals surface area contributed by atoms with E-state index in [-0.39, 0.29) is 61.4 Å². The van der Waals surface area contributed by atoms with E-state index in [0.717, 1.165) is 25.7 Å². The Morgan fingerprint density at radius 1 is 0.979 bits per heavy atom. The van der Waals surface area contributed by atoms with Crippen LogP contribution in [-0.2, 0) is 28.6 Å². The minimum atomic E-state index is -0.719. The molecular weight excluding hydrogens is 614 g/mol. The third-order valence-corrected chi connectivity index (χ3v) is 14.8. The number of carbonyl (C=O) groups is 3. The molecule has 11 atom stereocenters. The first-order valence-electron chi connectivity index (χ1n) is 18.3. The van der Waals surface area contributed by atoms with Gasteiger partial charge in [0.2, 0.25) is 0 Å². The fraction of sp³-hybridized carbons (Fsp3) is 0.868. The molecule has 0 unspecified atom stereocenters. The van der Waals surface area contributed by atoms with E-state index in [4.69, 9.17) is 14.2 Å². The predicted molar refractivity (Wildman–Crippen MR) is 180 cm³/mol. The molecule has 0 aromatic heterocycles. The first-order valence-corrected chi connectivity index (χ1v) is 18.3. The smallest absolute Gasteiger partial charge is 0.320 e. The van der Waals surface area contributed by atoms with Crippen LogP contribution in [0.4, 0.5) is 0 Å². The molecule has 10 heteroatoms. The molecule has 5 rings (SSSR count). The number of carbonyl (C=O) groups excluding carboxylic acids is 2. The molecule has 5 aliphatic rings. The van der Waals surface area contributed by atoms with Crippen LogP contribution in [0.2, 0.25) is 0 Å². The minimum Gasteiger partial charge on any atom is -0.481 e. The van der Waals surface area contributed by atoms with Crippen molar-refractivity contribution >= 4 is 17.9 Å². The number of fused-ring (bicyclic) bond motifs is 3. The van der Waals surface area contributed by atoms with Crippen LogP contribution < -0.4 is 0 Å². The van der Waals surface area contributed by atoms with Crippen LogP contribution in [0.5, 0.6) is 0 Å². The molecular formula is C38H61NO9. The third-order valence-electron chi connectivity index (χ3n) is 14.8. The average molecular weight is 676 g/mol. The van der Waals surface area contributed by atoms with Crippen molar-refractivity contribution in [2.75, 3.05) is 46.1 Å². The Morgan fingerprint density at radius 2 is 1.65 bits per heavy atom. The Bertz CT molecular complexity index is 1280. The molecule has 3 saturated carbocycles. The molecule has 0 amide bonds. The van der Waals surface area contributed by atoms with Crippen LogP contribution >= 0.6 is 0 Å².